The van der Waals surface area contributed by atoms with Crippen LogP contribution >= 0.6 is 0 Å². The molecule has 1 aliphatic rings. The number of hydrogen-bond acceptors (Lipinski definition) is 3. The van der Waals surface area contributed by atoms with Crippen molar-refractivity contribution in [2.24, 2.45) is 0 Å². The minimum Gasteiger partial charge on any atom is -0.391 e. The molecule has 4 rings (SSSR count). The molecular formula is C22H21N3O. The van der Waals surface area contributed by atoms with Crippen molar-refractivity contribution in [2.45, 2.75) is 37.8 Å². The quantitative estimate of drug-likeness (QED) is 0.758. The minimum atomic E-state index is -0.348. The summed E-state index contributed by atoms with van der Waals surface area (Å²) in [6, 6.07) is 19.9. The standard InChI is InChI=1S/C22H21N3O/c23-14-16-10-12-18(13-11-16)22-21(17-6-2-1-3-7-17)24-15-25(22)19-8-4-5-9-20(19)26/h1-3,6-7,10-13,15,19-20,26H,4-5,8-9H2/t19-,20-/m0/s1. The van der Waals surface area contributed by atoms with Crippen molar-refractivity contribution in [3.63, 3.8) is 0 Å². The second-order valence-electron chi connectivity index (χ2n) is 6.82. The Labute approximate surface area is 153 Å². The van der Waals surface area contributed by atoms with Crippen molar-refractivity contribution in [2.75, 3.05) is 0 Å². The van der Waals surface area contributed by atoms with Crippen molar-refractivity contribution in [1.29, 1.82) is 5.26 Å². The van der Waals surface area contributed by atoms with Crippen LogP contribution in [0.3, 0.4) is 0 Å². The van der Waals surface area contributed by atoms with Crippen molar-refractivity contribution in [1.82, 2.24) is 9.55 Å². The number of benzene rings is 2. The number of rotatable bonds is 3. The van der Waals surface area contributed by atoms with E-state index < -0.39 is 0 Å². The summed E-state index contributed by atoms with van der Waals surface area (Å²) in [6.45, 7) is 0. The molecule has 0 bridgehead atoms. The van der Waals surface area contributed by atoms with Crippen LogP contribution in [0.2, 0.25) is 0 Å². The van der Waals surface area contributed by atoms with E-state index in [9.17, 15) is 5.11 Å². The average Bonchev–Trinajstić information content (AvgIpc) is 3.14. The first-order chi connectivity index (χ1) is 12.8. The largest absolute Gasteiger partial charge is 0.391 e. The van der Waals surface area contributed by atoms with Gasteiger partial charge in [-0.05, 0) is 25.0 Å². The van der Waals surface area contributed by atoms with E-state index >= 15 is 0 Å². The van der Waals surface area contributed by atoms with Crippen LogP contribution in [0.4, 0.5) is 0 Å². The highest BCUT2D eigenvalue weighted by Crippen LogP contribution is 2.37. The van der Waals surface area contributed by atoms with Crippen LogP contribution in [-0.2, 0) is 0 Å². The first-order valence-corrected chi connectivity index (χ1v) is 9.09. The molecule has 0 spiro atoms. The normalized spacial score (nSPS) is 19.8. The van der Waals surface area contributed by atoms with E-state index in [1.165, 1.54) is 0 Å². The van der Waals surface area contributed by atoms with Crippen LogP contribution in [0.25, 0.3) is 22.5 Å². The van der Waals surface area contributed by atoms with Crippen molar-refractivity contribution < 1.29 is 5.11 Å². The molecule has 4 nitrogen and oxygen atoms in total. The molecule has 1 heterocycles. The van der Waals surface area contributed by atoms with E-state index in [4.69, 9.17) is 10.2 Å². The Morgan fingerprint density at radius 3 is 2.38 bits per heavy atom. The molecule has 0 saturated heterocycles. The lowest BCUT2D eigenvalue weighted by Crippen LogP contribution is -2.27. The highest BCUT2D eigenvalue weighted by atomic mass is 16.3. The maximum Gasteiger partial charge on any atom is 0.0991 e. The molecule has 130 valence electrons. The second-order valence-corrected chi connectivity index (χ2v) is 6.82. The summed E-state index contributed by atoms with van der Waals surface area (Å²) in [7, 11) is 0. The van der Waals surface area contributed by atoms with Gasteiger partial charge in [-0.2, -0.15) is 5.26 Å². The predicted molar refractivity (Wildman–Crippen MR) is 101 cm³/mol. The molecule has 1 saturated carbocycles. The van der Waals surface area contributed by atoms with Crippen molar-refractivity contribution in [3.8, 4) is 28.6 Å². The number of nitriles is 1. The molecule has 0 radical (unpaired) electrons. The Morgan fingerprint density at radius 2 is 1.69 bits per heavy atom. The zero-order chi connectivity index (χ0) is 17.9. The lowest BCUT2D eigenvalue weighted by molar-refractivity contribution is 0.0762. The van der Waals surface area contributed by atoms with Gasteiger partial charge in [0.25, 0.3) is 0 Å². The number of aliphatic hydroxyl groups is 1. The smallest absolute Gasteiger partial charge is 0.0991 e. The van der Waals surface area contributed by atoms with Crippen molar-refractivity contribution >= 4 is 0 Å². The molecule has 0 unspecified atom stereocenters. The molecular weight excluding hydrogens is 322 g/mol. The first kappa shape index (κ1) is 16.6. The van der Waals surface area contributed by atoms with Crippen LogP contribution in [0.5, 0.6) is 0 Å². The van der Waals surface area contributed by atoms with Crippen LogP contribution in [0.15, 0.2) is 60.9 Å². The van der Waals surface area contributed by atoms with E-state index in [-0.39, 0.29) is 12.1 Å². The summed E-state index contributed by atoms with van der Waals surface area (Å²) < 4.78 is 2.13. The third-order valence-electron chi connectivity index (χ3n) is 5.18. The van der Waals surface area contributed by atoms with E-state index in [0.717, 1.165) is 48.2 Å². The van der Waals surface area contributed by atoms with E-state index in [2.05, 4.69) is 22.8 Å². The maximum atomic E-state index is 10.6. The molecule has 4 heteroatoms. The highest BCUT2D eigenvalue weighted by molar-refractivity contribution is 5.79. The lowest BCUT2D eigenvalue weighted by atomic mass is 9.91. The van der Waals surface area contributed by atoms with Crippen LogP contribution in [0, 0.1) is 11.3 Å². The lowest BCUT2D eigenvalue weighted by Gasteiger charge is -2.30. The fraction of sp³-hybridized carbons (Fsp3) is 0.273. The van der Waals surface area contributed by atoms with Gasteiger partial charge in [0.1, 0.15) is 0 Å². The molecule has 1 N–H and O–H groups in total. The maximum absolute atomic E-state index is 10.6. The van der Waals surface area contributed by atoms with Gasteiger partial charge in [-0.25, -0.2) is 4.98 Å². The topological polar surface area (TPSA) is 61.8 Å². The Balaban J connectivity index is 1.87. The van der Waals surface area contributed by atoms with Gasteiger partial charge < -0.3 is 9.67 Å². The van der Waals surface area contributed by atoms with Crippen LogP contribution < -0.4 is 0 Å². The van der Waals surface area contributed by atoms with E-state index in [0.29, 0.717) is 5.56 Å². The summed E-state index contributed by atoms with van der Waals surface area (Å²) in [5.41, 5.74) is 4.62. The number of hydrogen-bond donors (Lipinski definition) is 1. The minimum absolute atomic E-state index is 0.0411. The molecule has 2 atom stereocenters. The number of nitrogens with zero attached hydrogens (tertiary/aromatic N) is 3. The van der Waals surface area contributed by atoms with Crippen LogP contribution in [0.1, 0.15) is 37.3 Å². The zero-order valence-corrected chi connectivity index (χ0v) is 14.5. The first-order valence-electron chi connectivity index (χ1n) is 9.09. The van der Waals surface area contributed by atoms with Gasteiger partial charge >= 0.3 is 0 Å². The molecule has 26 heavy (non-hydrogen) atoms. The number of aromatic nitrogens is 2. The molecule has 1 fully saturated rings. The second kappa shape index (κ2) is 7.15. The van der Waals surface area contributed by atoms with Gasteiger partial charge in [-0.3, -0.25) is 0 Å². The average molecular weight is 343 g/mol. The highest BCUT2D eigenvalue weighted by Gasteiger charge is 2.28. The van der Waals surface area contributed by atoms with Gasteiger partial charge in [-0.15, -0.1) is 0 Å². The molecule has 1 aromatic heterocycles. The summed E-state index contributed by atoms with van der Waals surface area (Å²) in [5, 5.41) is 19.6. The van der Waals surface area contributed by atoms with Gasteiger partial charge in [0, 0.05) is 11.1 Å². The summed E-state index contributed by atoms with van der Waals surface area (Å²) >= 11 is 0. The molecule has 2 aromatic carbocycles. The molecule has 1 aliphatic carbocycles. The van der Waals surface area contributed by atoms with Crippen molar-refractivity contribution in [3.05, 3.63) is 66.5 Å². The third kappa shape index (κ3) is 3.02. The molecule has 0 aliphatic heterocycles. The fourth-order valence-corrected chi connectivity index (χ4v) is 3.82. The predicted octanol–water partition coefficient (Wildman–Crippen LogP) is 4.56. The van der Waals surface area contributed by atoms with Gasteiger partial charge in [0.15, 0.2) is 0 Å². The summed E-state index contributed by atoms with van der Waals surface area (Å²) in [6.07, 6.45) is 5.48. The Kier molecular flexibility index (Phi) is 4.55. The number of imidazole rings is 1. The Morgan fingerprint density at radius 1 is 0.962 bits per heavy atom. The van der Waals surface area contributed by atoms with Gasteiger partial charge in [0.2, 0.25) is 0 Å². The summed E-state index contributed by atoms with van der Waals surface area (Å²) in [4.78, 5) is 4.70. The van der Waals surface area contributed by atoms with Crippen LogP contribution in [-0.4, -0.2) is 20.8 Å². The zero-order valence-electron chi connectivity index (χ0n) is 14.5. The third-order valence-corrected chi connectivity index (χ3v) is 5.18. The number of aliphatic hydroxyl groups excluding tert-OH is 1. The summed E-state index contributed by atoms with van der Waals surface area (Å²) in [5.74, 6) is 0. The fourth-order valence-electron chi connectivity index (χ4n) is 3.82. The molecule has 3 aromatic rings. The monoisotopic (exact) mass is 343 g/mol. The Hall–Kier alpha value is -2.90. The van der Waals surface area contributed by atoms with Gasteiger partial charge in [0.05, 0.1) is 41.5 Å². The van der Waals surface area contributed by atoms with E-state index in [1.54, 1.807) is 0 Å². The Bertz CT molecular complexity index is 922. The van der Waals surface area contributed by atoms with Gasteiger partial charge in [-0.1, -0.05) is 55.3 Å². The molecule has 0 amide bonds. The van der Waals surface area contributed by atoms with E-state index in [1.807, 2.05) is 48.8 Å². The SMILES string of the molecule is N#Cc1ccc(-c2c(-c3ccccc3)ncn2[C@H]2CCCC[C@@H]2O)cc1.